The van der Waals surface area contributed by atoms with Gasteiger partial charge in [0.05, 0.1) is 5.75 Å². The summed E-state index contributed by atoms with van der Waals surface area (Å²) in [6, 6.07) is -0.651. The second kappa shape index (κ2) is 7.86. The van der Waals surface area contributed by atoms with Gasteiger partial charge in [0.15, 0.2) is 9.84 Å². The maximum absolute atomic E-state index is 11.4. The monoisotopic (exact) mass is 273 g/mol. The smallest absolute Gasteiger partial charge is 0.320 e. The summed E-state index contributed by atoms with van der Waals surface area (Å²) in [5, 5.41) is 8.69. The van der Waals surface area contributed by atoms with Crippen molar-refractivity contribution in [1.29, 1.82) is 0 Å². The van der Waals surface area contributed by atoms with Crippen molar-refractivity contribution in [3.05, 3.63) is 0 Å². The lowest BCUT2D eigenvalue weighted by atomic mass is 10.3. The van der Waals surface area contributed by atoms with Crippen molar-refractivity contribution in [2.45, 2.75) is 26.3 Å². The fraction of sp³-hybridized carbons (Fsp3) is 0.889. The van der Waals surface area contributed by atoms with Crippen LogP contribution >= 0.6 is 12.4 Å². The molecule has 0 fully saturated rings. The van der Waals surface area contributed by atoms with E-state index in [0.29, 0.717) is 6.42 Å². The molecule has 0 saturated carbocycles. The number of halogens is 1. The van der Waals surface area contributed by atoms with E-state index < -0.39 is 21.8 Å². The molecule has 0 aromatic heterocycles. The van der Waals surface area contributed by atoms with E-state index in [4.69, 9.17) is 5.11 Å². The lowest BCUT2D eigenvalue weighted by molar-refractivity contribution is -0.142. The third-order valence-electron chi connectivity index (χ3n) is 2.29. The van der Waals surface area contributed by atoms with Crippen LogP contribution in [-0.4, -0.2) is 55.5 Å². The molecule has 0 aliphatic carbocycles. The number of hydrogen-bond acceptors (Lipinski definition) is 4. The number of aliphatic carboxylic acids is 1. The second-order valence-corrected chi connectivity index (χ2v) is 5.95. The number of nitrogens with zero attached hydrogens (tertiary/aromatic N) is 1. The van der Waals surface area contributed by atoms with Gasteiger partial charge >= 0.3 is 5.97 Å². The molecule has 1 atom stereocenters. The van der Waals surface area contributed by atoms with Gasteiger partial charge in [0.25, 0.3) is 0 Å². The van der Waals surface area contributed by atoms with Crippen LogP contribution in [0.15, 0.2) is 0 Å². The fourth-order valence-electron chi connectivity index (χ4n) is 1.08. The number of sulfone groups is 1. The van der Waals surface area contributed by atoms with E-state index in [2.05, 4.69) is 0 Å². The molecule has 5 nitrogen and oxygen atoms in total. The molecular weight excluding hydrogens is 254 g/mol. The molecule has 16 heavy (non-hydrogen) atoms. The van der Waals surface area contributed by atoms with Gasteiger partial charge in [-0.1, -0.05) is 6.92 Å². The Bertz CT molecular complexity index is 305. The standard InChI is InChI=1S/C9H19NO4S.ClH/c1-4-6-15(13,14)7-5-10(3)8(2)9(11)12;/h8H,4-7H2,1-3H3,(H,11,12);1H. The van der Waals surface area contributed by atoms with Crippen LogP contribution in [-0.2, 0) is 14.6 Å². The predicted octanol–water partition coefficient (Wildman–Crippen LogP) is 0.638. The summed E-state index contributed by atoms with van der Waals surface area (Å²) in [6.07, 6.45) is 0.598. The van der Waals surface area contributed by atoms with Crippen LogP contribution in [0.5, 0.6) is 0 Å². The number of carboxylic acids is 1. The Morgan fingerprint density at radius 2 is 1.88 bits per heavy atom. The molecule has 0 aliphatic rings. The Balaban J connectivity index is 0. The van der Waals surface area contributed by atoms with Gasteiger partial charge in [-0.05, 0) is 20.4 Å². The van der Waals surface area contributed by atoms with Gasteiger partial charge in [-0.3, -0.25) is 9.69 Å². The second-order valence-electron chi connectivity index (χ2n) is 3.65. The molecule has 1 N–H and O–H groups in total. The van der Waals surface area contributed by atoms with Gasteiger partial charge in [-0.15, -0.1) is 12.4 Å². The molecule has 0 saturated heterocycles. The summed E-state index contributed by atoms with van der Waals surface area (Å²) in [7, 11) is -1.41. The van der Waals surface area contributed by atoms with Gasteiger partial charge < -0.3 is 5.11 Å². The molecule has 0 aromatic rings. The zero-order valence-electron chi connectivity index (χ0n) is 9.84. The number of carbonyl (C=O) groups is 1. The van der Waals surface area contributed by atoms with Crippen LogP contribution in [0.25, 0.3) is 0 Å². The maximum Gasteiger partial charge on any atom is 0.320 e. The summed E-state index contributed by atoms with van der Waals surface area (Å²) < 4.78 is 22.7. The molecule has 0 amide bonds. The van der Waals surface area contributed by atoms with Crippen LogP contribution < -0.4 is 0 Å². The molecule has 0 rings (SSSR count). The fourth-order valence-corrected chi connectivity index (χ4v) is 2.47. The highest BCUT2D eigenvalue weighted by Gasteiger charge is 2.18. The van der Waals surface area contributed by atoms with Crippen molar-refractivity contribution < 1.29 is 18.3 Å². The Morgan fingerprint density at radius 1 is 1.38 bits per heavy atom. The van der Waals surface area contributed by atoms with E-state index in [-0.39, 0.29) is 30.5 Å². The molecule has 7 heteroatoms. The molecule has 0 aromatic carbocycles. The highest BCUT2D eigenvalue weighted by Crippen LogP contribution is 1.99. The van der Waals surface area contributed by atoms with Crippen molar-refractivity contribution in [3.63, 3.8) is 0 Å². The van der Waals surface area contributed by atoms with Gasteiger partial charge in [0.2, 0.25) is 0 Å². The minimum absolute atomic E-state index is 0. The predicted molar refractivity (Wildman–Crippen MR) is 65.9 cm³/mol. The third-order valence-corrected chi connectivity index (χ3v) is 4.12. The Morgan fingerprint density at radius 3 is 2.25 bits per heavy atom. The Hall–Kier alpha value is -0.330. The van der Waals surface area contributed by atoms with E-state index in [1.807, 2.05) is 0 Å². The first kappa shape index (κ1) is 18.0. The molecule has 0 spiro atoms. The summed E-state index contributed by atoms with van der Waals surface area (Å²) in [4.78, 5) is 12.1. The summed E-state index contributed by atoms with van der Waals surface area (Å²) in [5.41, 5.74) is 0. The van der Waals surface area contributed by atoms with Gasteiger partial charge in [0, 0.05) is 12.3 Å². The van der Waals surface area contributed by atoms with Crippen LogP contribution in [0.2, 0.25) is 0 Å². The van der Waals surface area contributed by atoms with Crippen molar-refractivity contribution >= 4 is 28.2 Å². The number of carboxylic acid groups (broad SMARTS) is 1. The highest BCUT2D eigenvalue weighted by atomic mass is 35.5. The first-order valence-corrected chi connectivity index (χ1v) is 6.75. The molecule has 1 unspecified atom stereocenters. The van der Waals surface area contributed by atoms with E-state index in [9.17, 15) is 13.2 Å². The van der Waals surface area contributed by atoms with E-state index in [0.717, 1.165) is 0 Å². The minimum atomic E-state index is -3.02. The van der Waals surface area contributed by atoms with E-state index in [1.165, 1.54) is 11.8 Å². The first-order valence-electron chi connectivity index (χ1n) is 4.93. The summed E-state index contributed by atoms with van der Waals surface area (Å²) in [5.74, 6) is -0.748. The van der Waals surface area contributed by atoms with Crippen LogP contribution in [0.1, 0.15) is 20.3 Å². The highest BCUT2D eigenvalue weighted by molar-refractivity contribution is 7.91. The molecular formula is C9H20ClNO4S. The minimum Gasteiger partial charge on any atom is -0.480 e. The Kier molecular flexibility index (Phi) is 8.87. The molecule has 0 heterocycles. The van der Waals surface area contributed by atoms with Gasteiger partial charge in [-0.2, -0.15) is 0 Å². The summed E-state index contributed by atoms with van der Waals surface area (Å²) in [6.45, 7) is 3.60. The number of likely N-dealkylation sites (N-methyl/N-ethyl adjacent to an activating group) is 1. The quantitative estimate of drug-likeness (QED) is 0.737. The molecule has 98 valence electrons. The average molecular weight is 274 g/mol. The molecule has 0 bridgehead atoms. The first-order chi connectivity index (χ1) is 6.80. The summed E-state index contributed by atoms with van der Waals surface area (Å²) >= 11 is 0. The average Bonchev–Trinajstić information content (AvgIpc) is 2.13. The third kappa shape index (κ3) is 7.03. The molecule has 0 aliphatic heterocycles. The maximum atomic E-state index is 11.4. The van der Waals surface area contributed by atoms with E-state index in [1.54, 1.807) is 14.0 Å². The normalized spacial score (nSPS) is 13.2. The number of rotatable bonds is 7. The van der Waals surface area contributed by atoms with Crippen LogP contribution in [0.4, 0.5) is 0 Å². The zero-order valence-corrected chi connectivity index (χ0v) is 11.5. The van der Waals surface area contributed by atoms with Crippen molar-refractivity contribution in [1.82, 2.24) is 4.90 Å². The van der Waals surface area contributed by atoms with Gasteiger partial charge in [-0.25, -0.2) is 8.42 Å². The van der Waals surface area contributed by atoms with Gasteiger partial charge in [0.1, 0.15) is 6.04 Å². The van der Waals surface area contributed by atoms with Crippen molar-refractivity contribution in [2.75, 3.05) is 25.1 Å². The largest absolute Gasteiger partial charge is 0.480 e. The Labute approximate surface area is 103 Å². The van der Waals surface area contributed by atoms with Crippen LogP contribution in [0.3, 0.4) is 0 Å². The zero-order chi connectivity index (χ0) is 12.1. The van der Waals surface area contributed by atoms with Crippen molar-refractivity contribution in [3.8, 4) is 0 Å². The topological polar surface area (TPSA) is 74.7 Å². The molecule has 0 radical (unpaired) electrons. The SMILES string of the molecule is CCCS(=O)(=O)CCN(C)C(C)C(=O)O.Cl. The lowest BCUT2D eigenvalue weighted by Crippen LogP contribution is -2.38. The van der Waals surface area contributed by atoms with Crippen LogP contribution in [0, 0.1) is 0 Å². The lowest BCUT2D eigenvalue weighted by Gasteiger charge is -2.20. The van der Waals surface area contributed by atoms with Crippen molar-refractivity contribution in [2.24, 2.45) is 0 Å². The van der Waals surface area contributed by atoms with E-state index >= 15 is 0 Å². The number of hydrogen-bond donors (Lipinski definition) is 1.